The molecule has 4 atom stereocenters. The van der Waals surface area contributed by atoms with Crippen molar-refractivity contribution >= 4 is 11.6 Å². The highest BCUT2D eigenvalue weighted by atomic mass is 16.7. The van der Waals surface area contributed by atoms with Crippen molar-refractivity contribution in [1.82, 2.24) is 0 Å². The summed E-state index contributed by atoms with van der Waals surface area (Å²) < 4.78 is 11.3. The summed E-state index contributed by atoms with van der Waals surface area (Å²) in [6.45, 7) is 1.71. The van der Waals surface area contributed by atoms with Gasteiger partial charge in [-0.25, -0.2) is 0 Å². The predicted octanol–water partition coefficient (Wildman–Crippen LogP) is 1.21. The molecule has 0 spiro atoms. The number of carbonyl (C=O) groups excluding carboxylic acids is 2. The molecule has 29 heavy (non-hydrogen) atoms. The van der Waals surface area contributed by atoms with Crippen LogP contribution in [0.25, 0.3) is 0 Å². The van der Waals surface area contributed by atoms with E-state index in [2.05, 4.69) is 0 Å². The SMILES string of the molecule is C[C@H]1O[C@@H](OCc2cc(O)c3c(c2)C(=O)c2cccc(O)c2C3=O)C[C@@H](N)[C@@H]1O. The van der Waals surface area contributed by atoms with Crippen molar-refractivity contribution in [2.75, 3.05) is 0 Å². The molecule has 0 radical (unpaired) electrons. The predicted molar refractivity (Wildman–Crippen MR) is 101 cm³/mol. The summed E-state index contributed by atoms with van der Waals surface area (Å²) in [5, 5.41) is 30.2. The quantitative estimate of drug-likeness (QED) is 0.515. The van der Waals surface area contributed by atoms with E-state index in [0.717, 1.165) is 0 Å². The highest BCUT2D eigenvalue weighted by Gasteiger charge is 2.35. The minimum atomic E-state index is -0.775. The van der Waals surface area contributed by atoms with Crippen molar-refractivity contribution < 1.29 is 34.4 Å². The Morgan fingerprint density at radius 2 is 1.83 bits per heavy atom. The van der Waals surface area contributed by atoms with Crippen LogP contribution in [0.5, 0.6) is 11.5 Å². The summed E-state index contributed by atoms with van der Waals surface area (Å²) >= 11 is 0. The zero-order valence-corrected chi connectivity index (χ0v) is 15.7. The van der Waals surface area contributed by atoms with Crippen LogP contribution in [0.15, 0.2) is 30.3 Å². The minimum absolute atomic E-state index is 0.00933. The average Bonchev–Trinajstić information content (AvgIpc) is 2.68. The molecule has 1 aliphatic carbocycles. The van der Waals surface area contributed by atoms with Gasteiger partial charge in [0.25, 0.3) is 0 Å². The van der Waals surface area contributed by atoms with E-state index in [1.165, 1.54) is 30.3 Å². The number of benzene rings is 2. The zero-order valence-electron chi connectivity index (χ0n) is 15.7. The third kappa shape index (κ3) is 3.30. The second-order valence-electron chi connectivity index (χ2n) is 7.37. The number of hydrogen-bond donors (Lipinski definition) is 4. The van der Waals surface area contributed by atoms with E-state index in [4.69, 9.17) is 15.2 Å². The summed E-state index contributed by atoms with van der Waals surface area (Å²) in [4.78, 5) is 25.6. The van der Waals surface area contributed by atoms with E-state index in [9.17, 15) is 24.9 Å². The first-order valence-corrected chi connectivity index (χ1v) is 9.26. The number of ether oxygens (including phenoxy) is 2. The fraction of sp³-hybridized carbons (Fsp3) is 0.333. The molecule has 1 fully saturated rings. The topological polar surface area (TPSA) is 139 Å². The number of phenolic OH excluding ortho intramolecular Hbond substituents is 2. The molecule has 5 N–H and O–H groups in total. The standard InChI is InChI=1S/C21H21NO7/c1-9-19(25)13(22)7-16(29-9)28-8-10-5-12-18(15(24)6-10)21(27)17-11(20(12)26)3-2-4-14(17)23/h2-6,9,13,16,19,23-25H,7-8,22H2,1H3/t9-,13-,16-,19-/m1/s1. The van der Waals surface area contributed by atoms with Gasteiger partial charge >= 0.3 is 0 Å². The van der Waals surface area contributed by atoms with Gasteiger partial charge in [0, 0.05) is 23.6 Å². The van der Waals surface area contributed by atoms with E-state index in [1.54, 1.807) is 6.92 Å². The monoisotopic (exact) mass is 399 g/mol. The molecule has 1 saturated heterocycles. The van der Waals surface area contributed by atoms with Crippen molar-refractivity contribution in [2.45, 2.75) is 44.5 Å². The number of phenols is 2. The number of carbonyl (C=O) groups is 2. The summed E-state index contributed by atoms with van der Waals surface area (Å²) in [5.74, 6) is -1.74. The maximum absolute atomic E-state index is 12.9. The molecule has 0 amide bonds. The van der Waals surface area contributed by atoms with E-state index >= 15 is 0 Å². The summed E-state index contributed by atoms with van der Waals surface area (Å²) in [7, 11) is 0. The molecular formula is C21H21NO7. The Kier molecular flexibility index (Phi) is 4.87. The fourth-order valence-corrected chi connectivity index (χ4v) is 3.81. The number of ketones is 2. The lowest BCUT2D eigenvalue weighted by Gasteiger charge is -2.35. The van der Waals surface area contributed by atoms with E-state index < -0.39 is 36.1 Å². The number of aromatic hydroxyl groups is 2. The number of aliphatic hydroxyl groups is 1. The van der Waals surface area contributed by atoms with Crippen LogP contribution in [0.2, 0.25) is 0 Å². The molecule has 1 heterocycles. The van der Waals surface area contributed by atoms with Gasteiger partial charge in [-0.15, -0.1) is 0 Å². The maximum atomic E-state index is 12.9. The number of fused-ring (bicyclic) bond motifs is 2. The normalized spacial score (nSPS) is 26.2. The Balaban J connectivity index is 1.60. The summed E-state index contributed by atoms with van der Waals surface area (Å²) in [5.41, 5.74) is 6.25. The fourth-order valence-electron chi connectivity index (χ4n) is 3.81. The highest BCUT2D eigenvalue weighted by molar-refractivity contribution is 6.30. The molecule has 0 aromatic heterocycles. The van der Waals surface area contributed by atoms with Crippen LogP contribution in [0.4, 0.5) is 0 Å². The van der Waals surface area contributed by atoms with Gasteiger partial charge in [-0.1, -0.05) is 12.1 Å². The molecule has 152 valence electrons. The molecule has 8 heteroatoms. The Labute approximate surface area is 166 Å². The number of aliphatic hydroxyl groups excluding tert-OH is 1. The summed E-state index contributed by atoms with van der Waals surface area (Å²) in [6, 6.07) is 6.61. The van der Waals surface area contributed by atoms with Crippen LogP contribution < -0.4 is 5.73 Å². The van der Waals surface area contributed by atoms with Gasteiger partial charge < -0.3 is 30.5 Å². The van der Waals surface area contributed by atoms with Crippen molar-refractivity contribution in [2.24, 2.45) is 5.73 Å². The van der Waals surface area contributed by atoms with Crippen LogP contribution in [0.1, 0.15) is 50.8 Å². The van der Waals surface area contributed by atoms with Gasteiger partial charge in [-0.2, -0.15) is 0 Å². The lowest BCUT2D eigenvalue weighted by atomic mass is 9.82. The Hall–Kier alpha value is -2.78. The molecule has 0 unspecified atom stereocenters. The molecule has 2 aromatic rings. The lowest BCUT2D eigenvalue weighted by Crippen LogP contribution is -2.51. The first-order valence-electron chi connectivity index (χ1n) is 9.26. The van der Waals surface area contributed by atoms with Gasteiger partial charge in [0.05, 0.1) is 29.9 Å². The third-order valence-electron chi connectivity index (χ3n) is 5.35. The van der Waals surface area contributed by atoms with Crippen LogP contribution in [-0.2, 0) is 16.1 Å². The third-order valence-corrected chi connectivity index (χ3v) is 5.35. The van der Waals surface area contributed by atoms with E-state index in [0.29, 0.717) is 12.0 Å². The molecule has 1 aliphatic heterocycles. The summed E-state index contributed by atoms with van der Waals surface area (Å²) in [6.07, 6.45) is -1.60. The number of rotatable bonds is 3. The molecule has 2 aromatic carbocycles. The Bertz CT molecular complexity index is 991. The van der Waals surface area contributed by atoms with Crippen LogP contribution >= 0.6 is 0 Å². The Morgan fingerprint density at radius 3 is 2.55 bits per heavy atom. The van der Waals surface area contributed by atoms with Crippen LogP contribution in [0, 0.1) is 0 Å². The van der Waals surface area contributed by atoms with Gasteiger partial charge in [-0.3, -0.25) is 9.59 Å². The van der Waals surface area contributed by atoms with Crippen molar-refractivity contribution in [3.05, 3.63) is 58.1 Å². The van der Waals surface area contributed by atoms with Gasteiger partial charge in [-0.05, 0) is 30.7 Å². The number of hydrogen-bond acceptors (Lipinski definition) is 8. The minimum Gasteiger partial charge on any atom is -0.507 e. The van der Waals surface area contributed by atoms with Crippen molar-refractivity contribution in [3.8, 4) is 11.5 Å². The molecule has 0 saturated carbocycles. The molecule has 8 nitrogen and oxygen atoms in total. The second-order valence-corrected chi connectivity index (χ2v) is 7.37. The molecule has 0 bridgehead atoms. The van der Waals surface area contributed by atoms with Gasteiger partial charge in [0.2, 0.25) is 5.78 Å². The highest BCUT2D eigenvalue weighted by Crippen LogP contribution is 2.37. The molecular weight excluding hydrogens is 378 g/mol. The average molecular weight is 399 g/mol. The van der Waals surface area contributed by atoms with Crippen LogP contribution in [0.3, 0.4) is 0 Å². The zero-order chi connectivity index (χ0) is 20.9. The van der Waals surface area contributed by atoms with E-state index in [1.807, 2.05) is 0 Å². The smallest absolute Gasteiger partial charge is 0.201 e. The maximum Gasteiger partial charge on any atom is 0.201 e. The Morgan fingerprint density at radius 1 is 1.10 bits per heavy atom. The van der Waals surface area contributed by atoms with Crippen LogP contribution in [-0.4, -0.2) is 51.4 Å². The van der Waals surface area contributed by atoms with Gasteiger partial charge in [0.1, 0.15) is 11.5 Å². The lowest BCUT2D eigenvalue weighted by molar-refractivity contribution is -0.226. The largest absolute Gasteiger partial charge is 0.507 e. The first kappa shape index (κ1) is 19.5. The van der Waals surface area contributed by atoms with Gasteiger partial charge in [0.15, 0.2) is 12.1 Å². The van der Waals surface area contributed by atoms with Crippen molar-refractivity contribution in [3.63, 3.8) is 0 Å². The van der Waals surface area contributed by atoms with Crippen molar-refractivity contribution in [1.29, 1.82) is 0 Å². The first-order chi connectivity index (χ1) is 13.8. The second kappa shape index (κ2) is 7.23. The van der Waals surface area contributed by atoms with E-state index in [-0.39, 0.29) is 40.4 Å². The number of nitrogens with two attached hydrogens (primary N) is 1. The molecule has 2 aliphatic rings. The molecule has 4 rings (SSSR count).